The van der Waals surface area contributed by atoms with E-state index in [1.807, 2.05) is 18.2 Å². The summed E-state index contributed by atoms with van der Waals surface area (Å²) >= 11 is 0. The van der Waals surface area contributed by atoms with E-state index >= 15 is 0 Å². The Morgan fingerprint density at radius 2 is 1.89 bits per heavy atom. The van der Waals surface area contributed by atoms with Crippen molar-refractivity contribution in [2.45, 2.75) is 25.3 Å². The van der Waals surface area contributed by atoms with Gasteiger partial charge in [-0.25, -0.2) is 4.79 Å². The van der Waals surface area contributed by atoms with Crippen LogP contribution in [0.4, 0.5) is 10.5 Å². The second-order valence-electron chi connectivity index (χ2n) is 4.47. The molecule has 5 nitrogen and oxygen atoms in total. The van der Waals surface area contributed by atoms with Crippen LogP contribution in [0.2, 0.25) is 0 Å². The third kappa shape index (κ3) is 3.00. The fraction of sp³-hybridized carbons (Fsp3) is 0.385. The van der Waals surface area contributed by atoms with Gasteiger partial charge in [-0.15, -0.1) is 0 Å². The molecular formula is C13H16N2O3. The topological polar surface area (TPSA) is 78.4 Å². The number of hydrogen-bond donors (Lipinski definition) is 3. The van der Waals surface area contributed by atoms with Gasteiger partial charge < -0.3 is 15.7 Å². The van der Waals surface area contributed by atoms with Crippen LogP contribution in [0.5, 0.6) is 0 Å². The zero-order valence-corrected chi connectivity index (χ0v) is 9.93. The lowest BCUT2D eigenvalue weighted by atomic mass is 9.79. The number of benzene rings is 1. The number of nitrogens with one attached hydrogen (secondary N) is 2. The minimum Gasteiger partial charge on any atom is -0.465 e. The molecule has 1 aromatic rings. The smallest absolute Gasteiger partial charge is 0.405 e. The maximum atomic E-state index is 12.0. The lowest BCUT2D eigenvalue weighted by Gasteiger charge is -2.32. The molecular weight excluding hydrogens is 232 g/mol. The van der Waals surface area contributed by atoms with Gasteiger partial charge in [-0.2, -0.15) is 0 Å². The molecule has 1 unspecified atom stereocenters. The minimum absolute atomic E-state index is 0.116. The van der Waals surface area contributed by atoms with Gasteiger partial charge in [0.1, 0.15) is 6.04 Å². The van der Waals surface area contributed by atoms with Crippen molar-refractivity contribution >= 4 is 17.7 Å². The van der Waals surface area contributed by atoms with E-state index in [1.165, 1.54) is 0 Å². The SMILES string of the molecule is O=C(O)NC(C(=O)Nc1ccccc1)C1CCC1. The molecule has 0 heterocycles. The number of anilines is 1. The molecule has 1 aliphatic rings. The molecule has 0 aromatic heterocycles. The molecule has 1 aromatic carbocycles. The molecule has 0 aliphatic heterocycles. The first kappa shape index (κ1) is 12.4. The molecule has 96 valence electrons. The lowest BCUT2D eigenvalue weighted by Crippen LogP contribution is -2.50. The molecule has 1 atom stereocenters. The van der Waals surface area contributed by atoms with Crippen molar-refractivity contribution in [1.82, 2.24) is 5.32 Å². The van der Waals surface area contributed by atoms with Crippen molar-refractivity contribution in [2.75, 3.05) is 5.32 Å². The van der Waals surface area contributed by atoms with Crippen molar-refractivity contribution in [3.05, 3.63) is 30.3 Å². The van der Waals surface area contributed by atoms with Gasteiger partial charge >= 0.3 is 6.09 Å². The maximum absolute atomic E-state index is 12.0. The molecule has 3 N–H and O–H groups in total. The van der Waals surface area contributed by atoms with Gasteiger partial charge in [0.15, 0.2) is 0 Å². The van der Waals surface area contributed by atoms with Crippen LogP contribution < -0.4 is 10.6 Å². The first-order chi connectivity index (χ1) is 8.66. The Morgan fingerprint density at radius 1 is 1.22 bits per heavy atom. The van der Waals surface area contributed by atoms with E-state index in [0.29, 0.717) is 5.69 Å². The minimum atomic E-state index is -1.16. The molecule has 5 heteroatoms. The van der Waals surface area contributed by atoms with E-state index in [-0.39, 0.29) is 11.8 Å². The molecule has 1 saturated carbocycles. The number of hydrogen-bond acceptors (Lipinski definition) is 2. The lowest BCUT2D eigenvalue weighted by molar-refractivity contribution is -0.120. The summed E-state index contributed by atoms with van der Waals surface area (Å²) in [5.74, 6) is -0.168. The van der Waals surface area contributed by atoms with Gasteiger partial charge in [0.25, 0.3) is 0 Å². The van der Waals surface area contributed by atoms with Crippen molar-refractivity contribution in [3.63, 3.8) is 0 Å². The fourth-order valence-corrected chi connectivity index (χ4v) is 2.05. The van der Waals surface area contributed by atoms with Crippen molar-refractivity contribution in [3.8, 4) is 0 Å². The Labute approximate surface area is 105 Å². The first-order valence-electron chi connectivity index (χ1n) is 6.02. The van der Waals surface area contributed by atoms with Gasteiger partial charge in [-0.3, -0.25) is 4.79 Å². The monoisotopic (exact) mass is 248 g/mol. The van der Waals surface area contributed by atoms with Gasteiger partial charge in [0.2, 0.25) is 5.91 Å². The molecule has 2 amide bonds. The van der Waals surface area contributed by atoms with Gasteiger partial charge in [-0.05, 0) is 30.9 Å². The number of carboxylic acid groups (broad SMARTS) is 1. The van der Waals surface area contributed by atoms with E-state index in [4.69, 9.17) is 5.11 Å². The van der Waals surface area contributed by atoms with E-state index in [0.717, 1.165) is 19.3 Å². The van der Waals surface area contributed by atoms with E-state index in [2.05, 4.69) is 10.6 Å². The quantitative estimate of drug-likeness (QED) is 0.763. The molecule has 0 radical (unpaired) electrons. The van der Waals surface area contributed by atoms with Crippen LogP contribution in [0.3, 0.4) is 0 Å². The molecule has 1 fully saturated rings. The molecule has 2 rings (SSSR count). The Hall–Kier alpha value is -2.04. The Kier molecular flexibility index (Phi) is 3.82. The van der Waals surface area contributed by atoms with Crippen LogP contribution in [0.25, 0.3) is 0 Å². The van der Waals surface area contributed by atoms with Crippen molar-refractivity contribution in [2.24, 2.45) is 5.92 Å². The van der Waals surface area contributed by atoms with Crippen molar-refractivity contribution < 1.29 is 14.7 Å². The summed E-state index contributed by atoms with van der Waals surface area (Å²) in [5, 5.41) is 13.8. The van der Waals surface area contributed by atoms with E-state index in [9.17, 15) is 9.59 Å². The Morgan fingerprint density at radius 3 is 2.39 bits per heavy atom. The highest BCUT2D eigenvalue weighted by atomic mass is 16.4. The Balaban J connectivity index is 2.01. The molecule has 0 saturated heterocycles. The molecule has 1 aliphatic carbocycles. The normalized spacial score (nSPS) is 16.4. The first-order valence-corrected chi connectivity index (χ1v) is 6.02. The summed E-state index contributed by atoms with van der Waals surface area (Å²) < 4.78 is 0. The fourth-order valence-electron chi connectivity index (χ4n) is 2.05. The van der Waals surface area contributed by atoms with Crippen LogP contribution in [0, 0.1) is 5.92 Å². The van der Waals surface area contributed by atoms with Gasteiger partial charge in [0.05, 0.1) is 0 Å². The molecule has 0 bridgehead atoms. The number of carbonyl (C=O) groups is 2. The summed E-state index contributed by atoms with van der Waals surface area (Å²) in [6, 6.07) is 8.38. The summed E-state index contributed by atoms with van der Waals surface area (Å²) in [7, 11) is 0. The van der Waals surface area contributed by atoms with Gasteiger partial charge in [0, 0.05) is 5.69 Å². The third-order valence-corrected chi connectivity index (χ3v) is 3.22. The molecule has 0 spiro atoms. The number of rotatable bonds is 4. The number of amides is 2. The highest BCUT2D eigenvalue weighted by molar-refractivity contribution is 5.96. The van der Waals surface area contributed by atoms with Crippen molar-refractivity contribution in [1.29, 1.82) is 0 Å². The molecule has 18 heavy (non-hydrogen) atoms. The largest absolute Gasteiger partial charge is 0.465 e. The van der Waals surface area contributed by atoms with Crippen LogP contribution in [-0.2, 0) is 4.79 Å². The summed E-state index contributed by atoms with van der Waals surface area (Å²) in [5.41, 5.74) is 0.680. The average Bonchev–Trinajstić information content (AvgIpc) is 2.26. The highest BCUT2D eigenvalue weighted by Crippen LogP contribution is 2.30. The standard InChI is InChI=1S/C13H16N2O3/c16-12(14-10-7-2-1-3-8-10)11(15-13(17)18)9-5-4-6-9/h1-3,7-9,11,15H,4-6H2,(H,14,16)(H,17,18). The summed E-state index contributed by atoms with van der Waals surface area (Å²) in [6.45, 7) is 0. The van der Waals surface area contributed by atoms with E-state index < -0.39 is 12.1 Å². The number of carbonyl (C=O) groups excluding carboxylic acids is 1. The zero-order chi connectivity index (χ0) is 13.0. The summed E-state index contributed by atoms with van der Waals surface area (Å²) in [4.78, 5) is 22.8. The van der Waals surface area contributed by atoms with Crippen LogP contribution in [0.15, 0.2) is 30.3 Å². The van der Waals surface area contributed by atoms with Crippen LogP contribution in [0.1, 0.15) is 19.3 Å². The van der Waals surface area contributed by atoms with E-state index in [1.54, 1.807) is 12.1 Å². The Bertz CT molecular complexity index is 429. The van der Waals surface area contributed by atoms with Crippen LogP contribution >= 0.6 is 0 Å². The highest BCUT2D eigenvalue weighted by Gasteiger charge is 2.33. The third-order valence-electron chi connectivity index (χ3n) is 3.22. The summed E-state index contributed by atoms with van der Waals surface area (Å²) in [6.07, 6.45) is 1.69. The van der Waals surface area contributed by atoms with Gasteiger partial charge in [-0.1, -0.05) is 24.6 Å². The number of para-hydroxylation sites is 1. The second-order valence-corrected chi connectivity index (χ2v) is 4.47. The maximum Gasteiger partial charge on any atom is 0.405 e. The van der Waals surface area contributed by atoms with Crippen LogP contribution in [-0.4, -0.2) is 23.1 Å². The second kappa shape index (κ2) is 5.53. The zero-order valence-electron chi connectivity index (χ0n) is 9.93. The predicted octanol–water partition coefficient (Wildman–Crippen LogP) is 2.06. The average molecular weight is 248 g/mol. The predicted molar refractivity (Wildman–Crippen MR) is 67.4 cm³/mol.